The zero-order chi connectivity index (χ0) is 20.4. The number of halogens is 1. The van der Waals surface area contributed by atoms with Gasteiger partial charge >= 0.3 is 5.97 Å². The Morgan fingerprint density at radius 3 is 2.71 bits per heavy atom. The van der Waals surface area contributed by atoms with Gasteiger partial charge in [0.25, 0.3) is 5.79 Å². The van der Waals surface area contributed by atoms with Crippen molar-refractivity contribution < 1.29 is 24.9 Å². The Bertz CT molecular complexity index is 717. The number of carboxylic acids is 1. The third-order valence-corrected chi connectivity index (χ3v) is 5.38. The Morgan fingerprint density at radius 1 is 1.25 bits per heavy atom. The van der Waals surface area contributed by atoms with Crippen molar-refractivity contribution in [3.8, 4) is 5.75 Å². The van der Waals surface area contributed by atoms with Crippen molar-refractivity contribution >= 4 is 21.9 Å². The molecule has 0 aromatic heterocycles. The highest BCUT2D eigenvalue weighted by Gasteiger charge is 2.31. The average Bonchev–Trinajstić information content (AvgIpc) is 3.10. The van der Waals surface area contributed by atoms with Crippen LogP contribution >= 0.6 is 15.9 Å². The topological polar surface area (TPSA) is 87.0 Å². The first-order valence-electron chi connectivity index (χ1n) is 9.51. The quantitative estimate of drug-likeness (QED) is 0.212. The third-order valence-electron chi connectivity index (χ3n) is 4.85. The van der Waals surface area contributed by atoms with Gasteiger partial charge in [-0.15, -0.1) is 5.73 Å². The van der Waals surface area contributed by atoms with Crippen molar-refractivity contribution in [2.24, 2.45) is 11.8 Å². The van der Waals surface area contributed by atoms with Crippen molar-refractivity contribution in [1.29, 1.82) is 0 Å². The van der Waals surface area contributed by atoms with Crippen LogP contribution in [0.5, 0.6) is 5.75 Å². The molecule has 0 amide bonds. The summed E-state index contributed by atoms with van der Waals surface area (Å²) >= 11 is 3.40. The lowest BCUT2D eigenvalue weighted by Gasteiger charge is -2.14. The standard InChI is InChI=1S/C22H27BrO5/c23-19-11-13-20(14-12-19)28-16-5-3-8-18-10-6-9-17(18)7-2-1-4-15-22(26,27)21(24)25/h2-4,8,11-14,17-18,26-27H,5-7,9-10,15-16H2,(H,24,25)/b8-3+/t1?,17-,18-/m0/s1. The van der Waals surface area contributed by atoms with Crippen LogP contribution in [0.4, 0.5) is 0 Å². The van der Waals surface area contributed by atoms with Gasteiger partial charge in [0.1, 0.15) is 5.75 Å². The molecule has 1 fully saturated rings. The van der Waals surface area contributed by atoms with Gasteiger partial charge in [-0.05, 0) is 73.9 Å². The number of benzene rings is 1. The Kier molecular flexibility index (Phi) is 9.00. The van der Waals surface area contributed by atoms with Crippen LogP contribution in [0.3, 0.4) is 0 Å². The smallest absolute Gasteiger partial charge is 0.364 e. The number of ether oxygens (including phenoxy) is 1. The normalized spacial score (nSPS) is 19.4. The summed E-state index contributed by atoms with van der Waals surface area (Å²) in [6.45, 7) is 0.645. The van der Waals surface area contributed by atoms with Crippen molar-refractivity contribution in [3.63, 3.8) is 0 Å². The van der Waals surface area contributed by atoms with Crippen LogP contribution in [0.25, 0.3) is 0 Å². The predicted octanol–water partition coefficient (Wildman–Crippen LogP) is 4.45. The molecule has 0 saturated heterocycles. The van der Waals surface area contributed by atoms with E-state index in [2.05, 4.69) is 33.8 Å². The first kappa shape index (κ1) is 22.4. The molecule has 1 aromatic carbocycles. The molecule has 3 N–H and O–H groups in total. The minimum Gasteiger partial charge on any atom is -0.493 e. The summed E-state index contributed by atoms with van der Waals surface area (Å²) in [6.07, 6.45) is 12.5. The minimum absolute atomic E-state index is 0.384. The van der Waals surface area contributed by atoms with E-state index in [1.165, 1.54) is 18.9 Å². The molecule has 0 heterocycles. The van der Waals surface area contributed by atoms with Crippen molar-refractivity contribution in [1.82, 2.24) is 0 Å². The largest absolute Gasteiger partial charge is 0.493 e. The SMILES string of the molecule is O=C(O)C(O)(O)CC=C=CC[C@H]1CCC[C@@H]1/C=C/CCOc1ccc(Br)cc1. The van der Waals surface area contributed by atoms with E-state index in [1.54, 1.807) is 0 Å². The highest BCUT2D eigenvalue weighted by Crippen LogP contribution is 2.35. The molecule has 1 aliphatic carbocycles. The summed E-state index contributed by atoms with van der Waals surface area (Å²) in [5, 5.41) is 27.1. The van der Waals surface area contributed by atoms with E-state index in [9.17, 15) is 15.0 Å². The Morgan fingerprint density at radius 2 is 2.00 bits per heavy atom. The number of hydrogen-bond donors (Lipinski definition) is 3. The average molecular weight is 451 g/mol. The molecule has 0 aliphatic heterocycles. The molecule has 0 radical (unpaired) electrons. The van der Waals surface area contributed by atoms with Crippen LogP contribution in [0.2, 0.25) is 0 Å². The van der Waals surface area contributed by atoms with E-state index in [0.29, 0.717) is 18.4 Å². The van der Waals surface area contributed by atoms with Gasteiger partial charge in [-0.2, -0.15) is 0 Å². The zero-order valence-corrected chi connectivity index (χ0v) is 17.3. The van der Waals surface area contributed by atoms with Crippen LogP contribution in [0.15, 0.2) is 58.8 Å². The van der Waals surface area contributed by atoms with E-state index in [1.807, 2.05) is 30.3 Å². The number of carbonyl (C=O) groups is 1. The van der Waals surface area contributed by atoms with Gasteiger partial charge in [-0.25, -0.2) is 4.79 Å². The Labute approximate surface area is 174 Å². The molecule has 5 nitrogen and oxygen atoms in total. The van der Waals surface area contributed by atoms with Crippen LogP contribution in [0.1, 0.15) is 38.5 Å². The lowest BCUT2D eigenvalue weighted by molar-refractivity contribution is -0.201. The van der Waals surface area contributed by atoms with Crippen LogP contribution in [-0.2, 0) is 4.79 Å². The molecule has 6 heteroatoms. The second kappa shape index (κ2) is 11.2. The van der Waals surface area contributed by atoms with E-state index in [0.717, 1.165) is 29.5 Å². The summed E-state index contributed by atoms with van der Waals surface area (Å²) in [5.41, 5.74) is 2.86. The minimum atomic E-state index is -2.72. The van der Waals surface area contributed by atoms with Crippen LogP contribution < -0.4 is 4.74 Å². The van der Waals surface area contributed by atoms with Gasteiger partial charge in [-0.1, -0.05) is 34.5 Å². The first-order valence-corrected chi connectivity index (χ1v) is 10.3. The fourth-order valence-corrected chi connectivity index (χ4v) is 3.51. The fourth-order valence-electron chi connectivity index (χ4n) is 3.25. The highest BCUT2D eigenvalue weighted by atomic mass is 79.9. The molecule has 1 aromatic rings. The summed E-state index contributed by atoms with van der Waals surface area (Å²) in [7, 11) is 0. The second-order valence-electron chi connectivity index (χ2n) is 7.01. The predicted molar refractivity (Wildman–Crippen MR) is 111 cm³/mol. The molecule has 152 valence electrons. The number of hydrogen-bond acceptors (Lipinski definition) is 4. The van der Waals surface area contributed by atoms with Crippen molar-refractivity contribution in [2.45, 2.75) is 44.3 Å². The highest BCUT2D eigenvalue weighted by molar-refractivity contribution is 9.10. The van der Waals surface area contributed by atoms with Crippen molar-refractivity contribution in [3.05, 3.63) is 58.8 Å². The zero-order valence-electron chi connectivity index (χ0n) is 15.8. The van der Waals surface area contributed by atoms with Gasteiger partial charge in [0.2, 0.25) is 0 Å². The molecule has 2 rings (SSSR count). The maximum Gasteiger partial charge on any atom is 0.364 e. The van der Waals surface area contributed by atoms with E-state index in [-0.39, 0.29) is 6.42 Å². The molecule has 0 spiro atoms. The molecule has 0 bridgehead atoms. The number of aliphatic hydroxyl groups is 2. The second-order valence-corrected chi connectivity index (χ2v) is 7.93. The number of carboxylic acid groups (broad SMARTS) is 1. The molecule has 0 unspecified atom stereocenters. The maximum atomic E-state index is 10.6. The molecule has 1 aliphatic rings. The summed E-state index contributed by atoms with van der Waals surface area (Å²) in [5.74, 6) is -2.45. The van der Waals surface area contributed by atoms with Gasteiger partial charge in [0.15, 0.2) is 0 Å². The fraction of sp³-hybridized carbons (Fsp3) is 0.455. The van der Waals surface area contributed by atoms with Gasteiger partial charge < -0.3 is 20.1 Å². The van der Waals surface area contributed by atoms with Gasteiger partial charge in [0.05, 0.1) is 6.61 Å². The Hall–Kier alpha value is -1.85. The van der Waals surface area contributed by atoms with Gasteiger partial charge in [-0.3, -0.25) is 0 Å². The lowest BCUT2D eigenvalue weighted by atomic mass is 9.92. The number of allylic oxidation sites excluding steroid dienone is 1. The molecule has 2 atom stereocenters. The van der Waals surface area contributed by atoms with E-state index >= 15 is 0 Å². The molecule has 1 saturated carbocycles. The summed E-state index contributed by atoms with van der Waals surface area (Å²) < 4.78 is 6.75. The summed E-state index contributed by atoms with van der Waals surface area (Å²) in [6, 6.07) is 7.79. The van der Waals surface area contributed by atoms with Crippen molar-refractivity contribution in [2.75, 3.05) is 6.61 Å². The van der Waals surface area contributed by atoms with E-state index < -0.39 is 11.8 Å². The maximum absolute atomic E-state index is 10.6. The third kappa shape index (κ3) is 7.64. The number of rotatable bonds is 10. The summed E-state index contributed by atoms with van der Waals surface area (Å²) in [4.78, 5) is 10.6. The van der Waals surface area contributed by atoms with Crippen LogP contribution in [-0.4, -0.2) is 33.7 Å². The molecule has 28 heavy (non-hydrogen) atoms. The van der Waals surface area contributed by atoms with Crippen LogP contribution in [0, 0.1) is 11.8 Å². The molecular weight excluding hydrogens is 424 g/mol. The first-order chi connectivity index (χ1) is 13.4. The monoisotopic (exact) mass is 450 g/mol. The number of aliphatic carboxylic acids is 1. The van der Waals surface area contributed by atoms with Gasteiger partial charge in [0, 0.05) is 10.9 Å². The Balaban J connectivity index is 1.71. The van der Waals surface area contributed by atoms with E-state index in [4.69, 9.17) is 9.84 Å². The lowest BCUT2D eigenvalue weighted by Crippen LogP contribution is -2.37. The molecular formula is C22H27BrO5.